The Labute approximate surface area is 99.2 Å². The third-order valence-electron chi connectivity index (χ3n) is 2.71. The Kier molecular flexibility index (Phi) is 2.13. The molecule has 0 amide bonds. The highest BCUT2D eigenvalue weighted by Gasteiger charge is 2.37. The van der Waals surface area contributed by atoms with Crippen LogP contribution in [0.2, 0.25) is 5.02 Å². The molecule has 1 fully saturated rings. The number of rotatable bonds is 1. The van der Waals surface area contributed by atoms with Crippen LogP contribution in [0.1, 0.15) is 30.3 Å². The molecule has 7 heteroatoms. The molecule has 2 aromatic heterocycles. The summed E-state index contributed by atoms with van der Waals surface area (Å²) >= 11 is 5.83. The number of halogens is 4. The summed E-state index contributed by atoms with van der Waals surface area (Å²) in [6.45, 7) is 0. The Morgan fingerprint density at radius 2 is 2.00 bits per heavy atom. The molecule has 2 aromatic rings. The van der Waals surface area contributed by atoms with Crippen molar-refractivity contribution < 1.29 is 13.2 Å². The summed E-state index contributed by atoms with van der Waals surface area (Å²) in [6.07, 6.45) is -2.61. The second-order valence-corrected chi connectivity index (χ2v) is 4.46. The van der Waals surface area contributed by atoms with E-state index >= 15 is 0 Å². The van der Waals surface area contributed by atoms with Crippen LogP contribution in [0.15, 0.2) is 12.1 Å². The van der Waals surface area contributed by atoms with Crippen LogP contribution in [0.25, 0.3) is 5.65 Å². The van der Waals surface area contributed by atoms with Crippen LogP contribution in [-0.4, -0.2) is 14.6 Å². The minimum absolute atomic E-state index is 0.0726. The van der Waals surface area contributed by atoms with Crippen molar-refractivity contribution in [3.05, 3.63) is 28.7 Å². The van der Waals surface area contributed by atoms with Gasteiger partial charge in [0.25, 0.3) is 5.82 Å². The smallest absolute Gasteiger partial charge is 0.216 e. The molecular formula is C10H7ClF3N3. The number of aromatic nitrogens is 3. The van der Waals surface area contributed by atoms with E-state index in [2.05, 4.69) is 10.1 Å². The molecule has 0 bridgehead atoms. The van der Waals surface area contributed by atoms with E-state index in [1.807, 2.05) is 0 Å². The first-order valence-corrected chi connectivity index (χ1v) is 5.47. The summed E-state index contributed by atoms with van der Waals surface area (Å²) in [5.41, 5.74) is 0.816. The van der Waals surface area contributed by atoms with Crippen LogP contribution in [0.5, 0.6) is 0 Å². The molecule has 0 radical (unpaired) electrons. The maximum absolute atomic E-state index is 12.5. The molecule has 0 aromatic carbocycles. The maximum Gasteiger partial charge on any atom is 0.453 e. The van der Waals surface area contributed by atoms with Gasteiger partial charge in [-0.2, -0.15) is 13.2 Å². The SMILES string of the molecule is FC(F)(F)c1nc2c(Cl)ccc(C3CC3)n2n1. The van der Waals surface area contributed by atoms with Crippen molar-refractivity contribution in [2.45, 2.75) is 24.9 Å². The van der Waals surface area contributed by atoms with E-state index in [4.69, 9.17) is 11.6 Å². The van der Waals surface area contributed by atoms with Crippen LogP contribution in [-0.2, 0) is 6.18 Å². The number of hydrogen-bond acceptors (Lipinski definition) is 2. The molecule has 3 nitrogen and oxygen atoms in total. The number of pyridine rings is 1. The van der Waals surface area contributed by atoms with Gasteiger partial charge >= 0.3 is 6.18 Å². The maximum atomic E-state index is 12.5. The van der Waals surface area contributed by atoms with Crippen LogP contribution < -0.4 is 0 Å². The fourth-order valence-corrected chi connectivity index (χ4v) is 1.94. The Balaban J connectivity index is 2.25. The van der Waals surface area contributed by atoms with E-state index in [0.29, 0.717) is 0 Å². The molecule has 0 saturated heterocycles. The zero-order valence-corrected chi connectivity index (χ0v) is 9.26. The van der Waals surface area contributed by atoms with Gasteiger partial charge in [0, 0.05) is 11.6 Å². The van der Waals surface area contributed by atoms with Gasteiger partial charge < -0.3 is 0 Å². The van der Waals surface area contributed by atoms with Gasteiger partial charge in [0.2, 0.25) is 0 Å². The summed E-state index contributed by atoms with van der Waals surface area (Å²) in [5.74, 6) is -0.870. The Hall–Kier alpha value is -1.30. The molecule has 90 valence electrons. The number of fused-ring (bicyclic) bond motifs is 1. The third-order valence-corrected chi connectivity index (χ3v) is 3.01. The summed E-state index contributed by atoms with van der Waals surface area (Å²) in [5, 5.41) is 3.68. The average molecular weight is 262 g/mol. The molecule has 1 saturated carbocycles. The van der Waals surface area contributed by atoms with Crippen LogP contribution in [0.3, 0.4) is 0 Å². The molecular weight excluding hydrogens is 255 g/mol. The second kappa shape index (κ2) is 3.35. The Bertz CT molecular complexity index is 586. The van der Waals surface area contributed by atoms with E-state index in [1.54, 1.807) is 12.1 Å². The standard InChI is InChI=1S/C10H7ClF3N3/c11-6-3-4-7(5-1-2-5)17-8(6)15-9(16-17)10(12,13)14/h3-5H,1-2H2. The van der Waals surface area contributed by atoms with Crippen molar-refractivity contribution in [3.63, 3.8) is 0 Å². The topological polar surface area (TPSA) is 30.2 Å². The molecule has 1 aliphatic rings. The molecule has 0 N–H and O–H groups in total. The summed E-state index contributed by atoms with van der Waals surface area (Å²) in [6, 6.07) is 3.28. The lowest BCUT2D eigenvalue weighted by Crippen LogP contribution is -2.08. The predicted octanol–water partition coefficient (Wildman–Crippen LogP) is 3.28. The first-order valence-electron chi connectivity index (χ1n) is 5.09. The zero-order chi connectivity index (χ0) is 12.2. The molecule has 1 aliphatic carbocycles. The first-order chi connectivity index (χ1) is 7.97. The largest absolute Gasteiger partial charge is 0.453 e. The minimum Gasteiger partial charge on any atom is -0.216 e. The number of alkyl halides is 3. The van der Waals surface area contributed by atoms with Gasteiger partial charge in [0.05, 0.1) is 5.02 Å². The van der Waals surface area contributed by atoms with Gasteiger partial charge in [0.15, 0.2) is 5.65 Å². The molecule has 2 heterocycles. The average Bonchev–Trinajstić information content (AvgIpc) is 2.94. The quantitative estimate of drug-likeness (QED) is 0.789. The summed E-state index contributed by atoms with van der Waals surface area (Å²) in [4.78, 5) is 3.45. The van der Waals surface area contributed by atoms with Crippen molar-refractivity contribution >= 4 is 17.2 Å². The van der Waals surface area contributed by atoms with Crippen molar-refractivity contribution in [1.29, 1.82) is 0 Å². The second-order valence-electron chi connectivity index (χ2n) is 4.05. The van der Waals surface area contributed by atoms with Gasteiger partial charge in [-0.25, -0.2) is 9.50 Å². The summed E-state index contributed by atoms with van der Waals surface area (Å²) < 4.78 is 38.8. The van der Waals surface area contributed by atoms with Crippen LogP contribution in [0, 0.1) is 0 Å². The molecule has 0 aliphatic heterocycles. The van der Waals surface area contributed by atoms with E-state index in [0.717, 1.165) is 18.5 Å². The van der Waals surface area contributed by atoms with Crippen molar-refractivity contribution in [2.75, 3.05) is 0 Å². The normalized spacial score (nSPS) is 16.7. The lowest BCUT2D eigenvalue weighted by molar-refractivity contribution is -0.144. The first kappa shape index (κ1) is 10.8. The van der Waals surface area contributed by atoms with Gasteiger partial charge in [-0.3, -0.25) is 0 Å². The highest BCUT2D eigenvalue weighted by atomic mass is 35.5. The van der Waals surface area contributed by atoms with Gasteiger partial charge in [-0.15, -0.1) is 5.10 Å². The number of nitrogens with zero attached hydrogens (tertiary/aromatic N) is 3. The van der Waals surface area contributed by atoms with Crippen molar-refractivity contribution in [1.82, 2.24) is 14.6 Å². The fraction of sp³-hybridized carbons (Fsp3) is 0.400. The van der Waals surface area contributed by atoms with Crippen LogP contribution >= 0.6 is 11.6 Å². The Morgan fingerprint density at radius 1 is 1.29 bits per heavy atom. The lowest BCUT2D eigenvalue weighted by Gasteiger charge is -2.02. The third kappa shape index (κ3) is 1.76. The van der Waals surface area contributed by atoms with E-state index in [9.17, 15) is 13.2 Å². The van der Waals surface area contributed by atoms with Gasteiger partial charge in [-0.1, -0.05) is 11.6 Å². The molecule has 0 atom stereocenters. The Morgan fingerprint density at radius 3 is 2.59 bits per heavy atom. The summed E-state index contributed by atoms with van der Waals surface area (Å²) in [7, 11) is 0. The van der Waals surface area contributed by atoms with E-state index < -0.39 is 12.0 Å². The van der Waals surface area contributed by atoms with Crippen molar-refractivity contribution in [3.8, 4) is 0 Å². The van der Waals surface area contributed by atoms with E-state index in [1.165, 1.54) is 4.52 Å². The molecule has 17 heavy (non-hydrogen) atoms. The highest BCUT2D eigenvalue weighted by Crippen LogP contribution is 2.41. The number of hydrogen-bond donors (Lipinski definition) is 0. The minimum atomic E-state index is -4.55. The van der Waals surface area contributed by atoms with E-state index in [-0.39, 0.29) is 16.6 Å². The predicted molar refractivity (Wildman–Crippen MR) is 55.0 cm³/mol. The lowest BCUT2D eigenvalue weighted by atomic mass is 10.2. The van der Waals surface area contributed by atoms with Crippen molar-refractivity contribution in [2.24, 2.45) is 0 Å². The van der Waals surface area contributed by atoms with Crippen LogP contribution in [0.4, 0.5) is 13.2 Å². The van der Waals surface area contributed by atoms with Gasteiger partial charge in [-0.05, 0) is 25.0 Å². The molecule has 0 unspecified atom stereocenters. The highest BCUT2D eigenvalue weighted by molar-refractivity contribution is 6.33. The fourth-order valence-electron chi connectivity index (χ4n) is 1.76. The zero-order valence-electron chi connectivity index (χ0n) is 8.50. The molecule has 0 spiro atoms. The van der Waals surface area contributed by atoms with Gasteiger partial charge in [0.1, 0.15) is 0 Å². The monoisotopic (exact) mass is 261 g/mol. The molecule has 3 rings (SSSR count).